The number of nitrogens with zero attached hydrogens (tertiary/aromatic N) is 5. The summed E-state index contributed by atoms with van der Waals surface area (Å²) in [6.45, 7) is 4.81. The quantitative estimate of drug-likeness (QED) is 0.762. The van der Waals surface area contributed by atoms with Crippen molar-refractivity contribution in [2.45, 2.75) is 38.4 Å². The van der Waals surface area contributed by atoms with Crippen molar-refractivity contribution in [2.75, 3.05) is 20.1 Å². The van der Waals surface area contributed by atoms with Crippen LogP contribution in [0.3, 0.4) is 0 Å². The van der Waals surface area contributed by atoms with Gasteiger partial charge in [-0.05, 0) is 25.3 Å². The van der Waals surface area contributed by atoms with Crippen LogP contribution < -0.4 is 0 Å². The van der Waals surface area contributed by atoms with Gasteiger partial charge in [0.2, 0.25) is 0 Å². The van der Waals surface area contributed by atoms with Gasteiger partial charge in [0.15, 0.2) is 0 Å². The van der Waals surface area contributed by atoms with Crippen molar-refractivity contribution < 1.29 is 9.59 Å². The molecule has 7 heteroatoms. The number of rotatable bonds is 4. The van der Waals surface area contributed by atoms with Crippen LogP contribution in [0.4, 0.5) is 4.79 Å². The van der Waals surface area contributed by atoms with Gasteiger partial charge < -0.3 is 4.90 Å². The molecule has 0 unspecified atom stereocenters. The minimum Gasteiger partial charge on any atom is -0.312 e. The van der Waals surface area contributed by atoms with E-state index in [4.69, 9.17) is 0 Å². The molecule has 7 nitrogen and oxygen atoms in total. The number of likely N-dealkylation sites (tertiary alicyclic amines) is 1. The number of benzene rings is 1. The highest BCUT2D eigenvalue weighted by Crippen LogP contribution is 2.37. The molecule has 0 radical (unpaired) electrons. The van der Waals surface area contributed by atoms with E-state index >= 15 is 0 Å². The Morgan fingerprint density at radius 2 is 1.71 bits per heavy atom. The summed E-state index contributed by atoms with van der Waals surface area (Å²) in [5.41, 5.74) is 2.65. The van der Waals surface area contributed by atoms with Gasteiger partial charge in [-0.25, -0.2) is 4.79 Å². The molecule has 0 N–H and O–H groups in total. The van der Waals surface area contributed by atoms with Gasteiger partial charge in [0.1, 0.15) is 5.54 Å². The number of hydrogen-bond acceptors (Lipinski definition) is 4. The minimum atomic E-state index is -0.702. The van der Waals surface area contributed by atoms with Crippen LogP contribution in [0.1, 0.15) is 29.7 Å². The van der Waals surface area contributed by atoms with E-state index in [1.807, 2.05) is 48.3 Å². The molecule has 2 saturated heterocycles. The summed E-state index contributed by atoms with van der Waals surface area (Å²) in [7, 11) is 3.72. The highest BCUT2D eigenvalue weighted by atomic mass is 16.2. The second kappa shape index (κ2) is 7.05. The molecule has 1 aromatic carbocycles. The first-order chi connectivity index (χ1) is 13.4. The van der Waals surface area contributed by atoms with Crippen LogP contribution in [-0.4, -0.2) is 62.1 Å². The number of likely N-dealkylation sites (N-methyl/N-ethyl adjacent to an activating group) is 1. The van der Waals surface area contributed by atoms with Gasteiger partial charge in [0.25, 0.3) is 5.91 Å². The molecule has 148 valence electrons. The standard InChI is InChI=1S/C21H27N5O2/c1-16-18(13-22-24(16)3)15-25-11-9-21(10-12-25)19(27)26(20(28)23(21)2)14-17-7-5-4-6-8-17/h4-8,13H,9-12,14-15H2,1-3H3. The maximum atomic E-state index is 13.3. The molecule has 0 aliphatic carbocycles. The molecule has 2 fully saturated rings. The third-order valence-corrected chi connectivity index (χ3v) is 6.40. The summed E-state index contributed by atoms with van der Waals surface area (Å²) in [4.78, 5) is 31.5. The Morgan fingerprint density at radius 1 is 1.04 bits per heavy atom. The number of imide groups is 1. The monoisotopic (exact) mass is 381 g/mol. The molecule has 0 atom stereocenters. The van der Waals surface area contributed by atoms with E-state index in [0.717, 1.165) is 25.2 Å². The van der Waals surface area contributed by atoms with Crippen LogP contribution in [0.2, 0.25) is 0 Å². The zero-order valence-corrected chi connectivity index (χ0v) is 16.8. The zero-order chi connectivity index (χ0) is 19.9. The van der Waals surface area contributed by atoms with Crippen LogP contribution in [0.15, 0.2) is 36.5 Å². The Bertz CT molecular complexity index is 883. The van der Waals surface area contributed by atoms with Crippen molar-refractivity contribution in [2.24, 2.45) is 7.05 Å². The molecular weight excluding hydrogens is 354 g/mol. The molecule has 0 saturated carbocycles. The Hall–Kier alpha value is -2.67. The average molecular weight is 381 g/mol. The summed E-state index contributed by atoms with van der Waals surface area (Å²) in [5, 5.41) is 4.31. The lowest BCUT2D eigenvalue weighted by Crippen LogP contribution is -2.55. The average Bonchev–Trinajstić information content (AvgIpc) is 3.11. The SMILES string of the molecule is Cc1c(CN2CCC3(CC2)C(=O)N(Cc2ccccc2)C(=O)N3C)cnn1C. The van der Waals surface area contributed by atoms with E-state index in [2.05, 4.69) is 16.9 Å². The first kappa shape index (κ1) is 18.7. The molecule has 2 aliphatic rings. The van der Waals surface area contributed by atoms with Crippen molar-refractivity contribution in [1.29, 1.82) is 0 Å². The molecule has 0 bridgehead atoms. The van der Waals surface area contributed by atoms with E-state index in [9.17, 15) is 9.59 Å². The molecule has 2 aliphatic heterocycles. The zero-order valence-electron chi connectivity index (χ0n) is 16.8. The third-order valence-electron chi connectivity index (χ3n) is 6.40. The van der Waals surface area contributed by atoms with Crippen LogP contribution in [-0.2, 0) is 24.9 Å². The Kier molecular flexibility index (Phi) is 4.71. The fourth-order valence-electron chi connectivity index (χ4n) is 4.32. The Morgan fingerprint density at radius 3 is 2.32 bits per heavy atom. The van der Waals surface area contributed by atoms with Crippen LogP contribution in [0, 0.1) is 6.92 Å². The van der Waals surface area contributed by atoms with Crippen molar-refractivity contribution in [3.63, 3.8) is 0 Å². The number of carbonyl (C=O) groups is 2. The molecule has 2 aromatic rings. The van der Waals surface area contributed by atoms with Crippen molar-refractivity contribution >= 4 is 11.9 Å². The smallest absolute Gasteiger partial charge is 0.312 e. The van der Waals surface area contributed by atoms with E-state index < -0.39 is 5.54 Å². The second-order valence-corrected chi connectivity index (χ2v) is 7.91. The highest BCUT2D eigenvalue weighted by Gasteiger charge is 2.56. The normalized spacial score (nSPS) is 19.8. The van der Waals surface area contributed by atoms with Gasteiger partial charge in [0.05, 0.1) is 12.7 Å². The van der Waals surface area contributed by atoms with E-state index in [-0.39, 0.29) is 11.9 Å². The van der Waals surface area contributed by atoms with Gasteiger partial charge in [-0.1, -0.05) is 30.3 Å². The number of piperidine rings is 1. The Labute approximate surface area is 165 Å². The first-order valence-electron chi connectivity index (χ1n) is 9.76. The number of urea groups is 1. The highest BCUT2D eigenvalue weighted by molar-refractivity contribution is 6.06. The minimum absolute atomic E-state index is 0.0546. The van der Waals surface area contributed by atoms with Crippen LogP contribution in [0.25, 0.3) is 0 Å². The van der Waals surface area contributed by atoms with Crippen molar-refractivity contribution in [1.82, 2.24) is 24.5 Å². The maximum Gasteiger partial charge on any atom is 0.327 e. The summed E-state index contributed by atoms with van der Waals surface area (Å²) in [6, 6.07) is 9.50. The van der Waals surface area contributed by atoms with Gasteiger partial charge in [-0.2, -0.15) is 5.10 Å². The second-order valence-electron chi connectivity index (χ2n) is 7.91. The lowest BCUT2D eigenvalue weighted by molar-refractivity contribution is -0.135. The number of aromatic nitrogens is 2. The van der Waals surface area contributed by atoms with Gasteiger partial charge in [-0.15, -0.1) is 0 Å². The summed E-state index contributed by atoms with van der Waals surface area (Å²) in [5.74, 6) is -0.0546. The molecule has 1 aromatic heterocycles. The lowest BCUT2D eigenvalue weighted by Gasteiger charge is -2.40. The summed E-state index contributed by atoms with van der Waals surface area (Å²) in [6.07, 6.45) is 3.25. The fourth-order valence-corrected chi connectivity index (χ4v) is 4.32. The Balaban J connectivity index is 1.46. The topological polar surface area (TPSA) is 61.7 Å². The number of aryl methyl sites for hydroxylation is 1. The molecule has 28 heavy (non-hydrogen) atoms. The molecule has 3 amide bonds. The predicted molar refractivity (Wildman–Crippen MR) is 105 cm³/mol. The van der Waals surface area contributed by atoms with E-state index in [1.54, 1.807) is 11.9 Å². The molecule has 3 heterocycles. The van der Waals surface area contributed by atoms with E-state index in [0.29, 0.717) is 19.4 Å². The predicted octanol–water partition coefficient (Wildman–Crippen LogP) is 2.16. The number of carbonyl (C=O) groups excluding carboxylic acids is 2. The number of amides is 3. The van der Waals surface area contributed by atoms with E-state index in [1.165, 1.54) is 16.2 Å². The lowest BCUT2D eigenvalue weighted by atomic mass is 9.86. The fraction of sp³-hybridized carbons (Fsp3) is 0.476. The summed E-state index contributed by atoms with van der Waals surface area (Å²) >= 11 is 0. The van der Waals surface area contributed by atoms with Crippen LogP contribution >= 0.6 is 0 Å². The largest absolute Gasteiger partial charge is 0.327 e. The third kappa shape index (κ3) is 2.99. The molecule has 4 rings (SSSR count). The molecule has 1 spiro atoms. The van der Waals surface area contributed by atoms with Crippen LogP contribution in [0.5, 0.6) is 0 Å². The first-order valence-corrected chi connectivity index (χ1v) is 9.76. The summed E-state index contributed by atoms with van der Waals surface area (Å²) < 4.78 is 1.88. The molecular formula is C21H27N5O2. The van der Waals surface area contributed by atoms with Gasteiger partial charge in [-0.3, -0.25) is 19.3 Å². The van der Waals surface area contributed by atoms with Crippen molar-refractivity contribution in [3.8, 4) is 0 Å². The van der Waals surface area contributed by atoms with Gasteiger partial charge >= 0.3 is 6.03 Å². The maximum absolute atomic E-state index is 13.3. The van der Waals surface area contributed by atoms with Crippen molar-refractivity contribution in [3.05, 3.63) is 53.3 Å². The van der Waals surface area contributed by atoms with Gasteiger partial charge in [0, 0.05) is 45.0 Å². The number of hydrogen-bond donors (Lipinski definition) is 0.